The number of carbonyl (C=O) groups is 1. The van der Waals surface area contributed by atoms with Gasteiger partial charge in [-0.1, -0.05) is 82.9 Å². The first kappa shape index (κ1) is 24.8. The van der Waals surface area contributed by atoms with Gasteiger partial charge in [0.2, 0.25) is 6.10 Å². The number of rotatable bonds is 12. The molecule has 0 aromatic heterocycles. The molecule has 0 amide bonds. The van der Waals surface area contributed by atoms with E-state index in [2.05, 4.69) is 20.8 Å². The summed E-state index contributed by atoms with van der Waals surface area (Å²) in [6.07, 6.45) is 4.46. The SMILES string of the molecule is CCCCC(O)c1cc(CCC)c(OC(C(=O)O)c2ccc3ccccc3c2)c(CCC)c1. The Kier molecular flexibility index (Phi) is 8.90. The Labute approximate surface area is 197 Å². The second-order valence-corrected chi connectivity index (χ2v) is 8.77. The molecule has 3 aromatic carbocycles. The first-order valence-electron chi connectivity index (χ1n) is 12.2. The van der Waals surface area contributed by atoms with Gasteiger partial charge in [-0.05, 0) is 64.9 Å². The van der Waals surface area contributed by atoms with Gasteiger partial charge in [0.25, 0.3) is 0 Å². The van der Waals surface area contributed by atoms with Gasteiger partial charge < -0.3 is 14.9 Å². The van der Waals surface area contributed by atoms with E-state index in [-0.39, 0.29) is 0 Å². The van der Waals surface area contributed by atoms with Crippen LogP contribution in [0.1, 0.15) is 87.3 Å². The van der Waals surface area contributed by atoms with Gasteiger partial charge in [0.15, 0.2) is 0 Å². The molecule has 3 rings (SSSR count). The van der Waals surface area contributed by atoms with E-state index in [9.17, 15) is 15.0 Å². The van der Waals surface area contributed by atoms with E-state index in [0.29, 0.717) is 11.3 Å². The normalized spacial score (nSPS) is 13.1. The second-order valence-electron chi connectivity index (χ2n) is 8.77. The molecular formula is C29H36O4. The third-order valence-corrected chi connectivity index (χ3v) is 6.06. The Morgan fingerprint density at radius 1 is 0.848 bits per heavy atom. The van der Waals surface area contributed by atoms with Crippen LogP contribution in [0.5, 0.6) is 5.75 Å². The zero-order valence-corrected chi connectivity index (χ0v) is 20.0. The topological polar surface area (TPSA) is 66.8 Å². The van der Waals surface area contributed by atoms with Crippen molar-refractivity contribution < 1.29 is 19.7 Å². The third-order valence-electron chi connectivity index (χ3n) is 6.06. The van der Waals surface area contributed by atoms with Crippen LogP contribution in [-0.2, 0) is 17.6 Å². The molecule has 0 aliphatic carbocycles. The molecule has 0 heterocycles. The van der Waals surface area contributed by atoms with Gasteiger partial charge in [-0.25, -0.2) is 4.79 Å². The molecule has 2 unspecified atom stereocenters. The van der Waals surface area contributed by atoms with E-state index in [1.165, 1.54) is 0 Å². The Morgan fingerprint density at radius 2 is 1.48 bits per heavy atom. The number of carboxylic acids is 1. The van der Waals surface area contributed by atoms with Crippen LogP contribution < -0.4 is 4.74 Å². The van der Waals surface area contributed by atoms with Crippen molar-refractivity contribution in [1.29, 1.82) is 0 Å². The van der Waals surface area contributed by atoms with Gasteiger partial charge in [0.1, 0.15) is 5.75 Å². The lowest BCUT2D eigenvalue weighted by Gasteiger charge is -2.23. The molecule has 0 aliphatic heterocycles. The van der Waals surface area contributed by atoms with Crippen LogP contribution in [0.2, 0.25) is 0 Å². The van der Waals surface area contributed by atoms with E-state index < -0.39 is 18.2 Å². The van der Waals surface area contributed by atoms with Crippen molar-refractivity contribution in [3.05, 3.63) is 76.9 Å². The average molecular weight is 449 g/mol. The first-order chi connectivity index (χ1) is 16.0. The van der Waals surface area contributed by atoms with Crippen molar-refractivity contribution in [2.75, 3.05) is 0 Å². The summed E-state index contributed by atoms with van der Waals surface area (Å²) >= 11 is 0. The standard InChI is InChI=1S/C29H36O4/c1-4-7-14-26(30)25-18-22(10-5-2)27(23(19-25)11-6-3)33-28(29(31)32)24-16-15-20-12-8-9-13-21(20)17-24/h8-9,12-13,15-19,26,28,30H,4-7,10-11,14H2,1-3H3,(H,31,32). The number of hydrogen-bond donors (Lipinski definition) is 2. The van der Waals surface area contributed by atoms with Gasteiger partial charge in [-0.3, -0.25) is 0 Å². The van der Waals surface area contributed by atoms with E-state index >= 15 is 0 Å². The average Bonchev–Trinajstić information content (AvgIpc) is 2.81. The summed E-state index contributed by atoms with van der Waals surface area (Å²) in [6, 6.07) is 17.6. The fourth-order valence-corrected chi connectivity index (χ4v) is 4.35. The van der Waals surface area contributed by atoms with Crippen LogP contribution in [-0.4, -0.2) is 16.2 Å². The van der Waals surface area contributed by atoms with E-state index in [4.69, 9.17) is 4.74 Å². The summed E-state index contributed by atoms with van der Waals surface area (Å²) in [7, 11) is 0. The van der Waals surface area contributed by atoms with Gasteiger partial charge in [-0.2, -0.15) is 0 Å². The highest BCUT2D eigenvalue weighted by atomic mass is 16.5. The molecule has 4 heteroatoms. The minimum absolute atomic E-state index is 0.513. The molecule has 3 aromatic rings. The maximum absolute atomic E-state index is 12.3. The van der Waals surface area contributed by atoms with Crippen molar-refractivity contribution in [3.63, 3.8) is 0 Å². The van der Waals surface area contributed by atoms with Crippen LogP contribution in [0, 0.1) is 0 Å². The summed E-state index contributed by atoms with van der Waals surface area (Å²) in [5, 5.41) is 22.9. The number of aliphatic carboxylic acids is 1. The molecule has 2 atom stereocenters. The van der Waals surface area contributed by atoms with Crippen LogP contribution in [0.25, 0.3) is 10.8 Å². The summed E-state index contributed by atoms with van der Waals surface area (Å²) < 4.78 is 6.31. The monoisotopic (exact) mass is 448 g/mol. The van der Waals surface area contributed by atoms with Crippen LogP contribution in [0.3, 0.4) is 0 Å². The highest BCUT2D eigenvalue weighted by molar-refractivity contribution is 5.85. The number of carboxylic acid groups (broad SMARTS) is 1. The second kappa shape index (κ2) is 11.9. The third kappa shape index (κ3) is 6.14. The van der Waals surface area contributed by atoms with Crippen LogP contribution in [0.4, 0.5) is 0 Å². The number of aryl methyl sites for hydroxylation is 2. The molecule has 0 saturated carbocycles. The lowest BCUT2D eigenvalue weighted by molar-refractivity contribution is -0.145. The van der Waals surface area contributed by atoms with Crippen LogP contribution in [0.15, 0.2) is 54.6 Å². The number of unbranched alkanes of at least 4 members (excludes halogenated alkanes) is 1. The predicted octanol–water partition coefficient (Wildman–Crippen LogP) is 7.17. The molecule has 0 saturated heterocycles. The molecule has 0 aliphatic rings. The molecular weight excluding hydrogens is 412 g/mol. The van der Waals surface area contributed by atoms with Gasteiger partial charge >= 0.3 is 5.97 Å². The number of ether oxygens (including phenoxy) is 1. The Morgan fingerprint density at radius 3 is 2.06 bits per heavy atom. The number of benzene rings is 3. The maximum Gasteiger partial charge on any atom is 0.349 e. The Balaban J connectivity index is 2.04. The molecule has 176 valence electrons. The van der Waals surface area contributed by atoms with Gasteiger partial charge in [0, 0.05) is 5.56 Å². The highest BCUT2D eigenvalue weighted by Crippen LogP contribution is 2.36. The maximum atomic E-state index is 12.3. The van der Waals surface area contributed by atoms with E-state index in [0.717, 1.165) is 72.4 Å². The molecule has 4 nitrogen and oxygen atoms in total. The molecule has 0 bridgehead atoms. The summed E-state index contributed by atoms with van der Waals surface area (Å²) in [5.74, 6) is -0.354. The molecule has 2 N–H and O–H groups in total. The Bertz CT molecular complexity index is 1050. The number of hydrogen-bond acceptors (Lipinski definition) is 3. The molecule has 33 heavy (non-hydrogen) atoms. The zero-order chi connectivity index (χ0) is 23.8. The lowest BCUT2D eigenvalue weighted by Crippen LogP contribution is -2.20. The predicted molar refractivity (Wildman–Crippen MR) is 134 cm³/mol. The van der Waals surface area contributed by atoms with Crippen molar-refractivity contribution >= 4 is 16.7 Å². The van der Waals surface area contributed by atoms with Crippen molar-refractivity contribution in [2.45, 2.75) is 77.9 Å². The summed E-state index contributed by atoms with van der Waals surface area (Å²) in [4.78, 5) is 12.3. The quantitative estimate of drug-likeness (QED) is 0.308. The fourth-order valence-electron chi connectivity index (χ4n) is 4.35. The van der Waals surface area contributed by atoms with Gasteiger partial charge in [-0.15, -0.1) is 0 Å². The largest absolute Gasteiger partial charge is 0.478 e. The zero-order valence-electron chi connectivity index (χ0n) is 20.0. The molecule has 0 fully saturated rings. The molecule has 0 radical (unpaired) electrons. The van der Waals surface area contributed by atoms with Crippen molar-refractivity contribution in [1.82, 2.24) is 0 Å². The minimum Gasteiger partial charge on any atom is -0.478 e. The van der Waals surface area contributed by atoms with Crippen molar-refractivity contribution in [2.24, 2.45) is 0 Å². The summed E-state index contributed by atoms with van der Waals surface area (Å²) in [5.41, 5.74) is 3.47. The summed E-state index contributed by atoms with van der Waals surface area (Å²) in [6.45, 7) is 6.32. The first-order valence-corrected chi connectivity index (χ1v) is 12.2. The van der Waals surface area contributed by atoms with E-state index in [1.807, 2.05) is 54.6 Å². The number of aliphatic hydroxyl groups excluding tert-OH is 1. The fraction of sp³-hybridized carbons (Fsp3) is 0.414. The van der Waals surface area contributed by atoms with Crippen LogP contribution >= 0.6 is 0 Å². The van der Waals surface area contributed by atoms with E-state index in [1.54, 1.807) is 0 Å². The van der Waals surface area contributed by atoms with Crippen molar-refractivity contribution in [3.8, 4) is 5.75 Å². The number of aliphatic hydroxyl groups is 1. The lowest BCUT2D eigenvalue weighted by atomic mass is 9.94. The van der Waals surface area contributed by atoms with Gasteiger partial charge in [0.05, 0.1) is 6.10 Å². The minimum atomic E-state index is -1.10. The Hall–Kier alpha value is -2.85. The number of fused-ring (bicyclic) bond motifs is 1. The molecule has 0 spiro atoms. The highest BCUT2D eigenvalue weighted by Gasteiger charge is 2.26. The smallest absolute Gasteiger partial charge is 0.349 e.